The molecular weight excluding hydrogens is 1540 g/mol. The van der Waals surface area contributed by atoms with Gasteiger partial charge in [0.2, 0.25) is 6.79 Å². The highest BCUT2D eigenvalue weighted by Crippen LogP contribution is 2.35. The first-order chi connectivity index (χ1) is 60.2. The highest BCUT2D eigenvalue weighted by Gasteiger charge is 2.25. The molecule has 0 unspecified atom stereocenters. The maximum atomic E-state index is 12.8. The minimum atomic E-state index is -0.457. The molecule has 0 aromatic heterocycles. The zero-order valence-electron chi connectivity index (χ0n) is 69.7. The van der Waals surface area contributed by atoms with Gasteiger partial charge in [-0.15, -0.1) is 0 Å². The molecule has 0 radical (unpaired) electrons. The molecule has 0 atom stereocenters. The van der Waals surface area contributed by atoms with Crippen molar-refractivity contribution in [2.75, 3.05) is 6.79 Å². The van der Waals surface area contributed by atoms with Gasteiger partial charge in [-0.05, 0) is 440 Å². The summed E-state index contributed by atoms with van der Waals surface area (Å²) in [6, 6.07) is 66.2. The summed E-state index contributed by atoms with van der Waals surface area (Å²) in [7, 11) is 0. The quantitative estimate of drug-likeness (QED) is 0.0500. The molecule has 19 rings (SSSR count). The zero-order valence-corrected chi connectivity index (χ0v) is 69.7. The maximum absolute atomic E-state index is 12.8. The van der Waals surface area contributed by atoms with Crippen LogP contribution in [0.3, 0.4) is 0 Å². The highest BCUT2D eigenvalue weighted by molar-refractivity contribution is 5.96. The monoisotopic (exact) mass is 1640 g/mol. The Hall–Kier alpha value is -12.8. The Labute approximate surface area is 718 Å². The van der Waals surface area contributed by atoms with Gasteiger partial charge in [0.05, 0.1) is 44.5 Å². The van der Waals surface area contributed by atoms with Crippen LogP contribution in [0.1, 0.15) is 275 Å². The molecule has 16 nitrogen and oxygen atoms in total. The summed E-state index contributed by atoms with van der Waals surface area (Å²) in [6.45, 7) is -0.369. The molecule has 11 aromatic carbocycles. The fourth-order valence-electron chi connectivity index (χ4n) is 18.0. The van der Waals surface area contributed by atoms with Gasteiger partial charge in [0.1, 0.15) is 23.0 Å². The number of hydrogen-bond acceptors (Lipinski definition) is 16. The van der Waals surface area contributed by atoms with Gasteiger partial charge in [-0.3, -0.25) is 0 Å². The van der Waals surface area contributed by atoms with Crippen molar-refractivity contribution in [2.45, 2.75) is 205 Å². The first kappa shape index (κ1) is 83.8. The third kappa shape index (κ3) is 21.7. The van der Waals surface area contributed by atoms with E-state index in [1.54, 1.807) is 84.9 Å². The second-order valence-electron chi connectivity index (χ2n) is 33.2. The number of para-hydroxylation sites is 2. The Balaban J connectivity index is 0.000000122. The van der Waals surface area contributed by atoms with Crippen LogP contribution in [0.15, 0.2) is 218 Å². The van der Waals surface area contributed by atoms with Crippen LogP contribution in [-0.2, 0) is 112 Å². The van der Waals surface area contributed by atoms with E-state index in [1.807, 2.05) is 133 Å². The van der Waals surface area contributed by atoms with E-state index in [1.165, 1.54) is 140 Å². The summed E-state index contributed by atoms with van der Waals surface area (Å²) in [6.07, 6.45) is 35.5. The van der Waals surface area contributed by atoms with Crippen LogP contribution in [0, 0.1) is 0 Å². The summed E-state index contributed by atoms with van der Waals surface area (Å²) >= 11 is 0. The van der Waals surface area contributed by atoms with Gasteiger partial charge in [0.25, 0.3) is 0 Å². The van der Waals surface area contributed by atoms with E-state index in [9.17, 15) is 38.4 Å². The smallest absolute Gasteiger partial charge is 0.343 e. The van der Waals surface area contributed by atoms with Crippen molar-refractivity contribution < 1.29 is 76.3 Å². The van der Waals surface area contributed by atoms with Crippen LogP contribution in [0.25, 0.3) is 0 Å². The molecule has 0 bridgehead atoms. The van der Waals surface area contributed by atoms with Crippen LogP contribution in [0.4, 0.5) is 0 Å². The predicted molar refractivity (Wildman–Crippen MR) is 469 cm³/mol. The van der Waals surface area contributed by atoms with Crippen molar-refractivity contribution in [3.8, 4) is 34.5 Å². The molecule has 0 heterocycles. The minimum Gasteiger partial charge on any atom is -0.424 e. The average molecular weight is 1640 g/mol. The van der Waals surface area contributed by atoms with Gasteiger partial charge >= 0.3 is 47.8 Å². The van der Waals surface area contributed by atoms with Gasteiger partial charge in [-0.2, -0.15) is 0 Å². The van der Waals surface area contributed by atoms with Crippen molar-refractivity contribution in [3.05, 3.63) is 352 Å². The summed E-state index contributed by atoms with van der Waals surface area (Å²) < 4.78 is 43.7. The molecule has 0 aliphatic heterocycles. The maximum Gasteiger partial charge on any atom is 0.343 e. The lowest BCUT2D eigenvalue weighted by Gasteiger charge is -2.17. The molecule has 0 fully saturated rings. The number of fused-ring (bicyclic) bond motifs is 8. The number of carbonyl (C=O) groups excluding carboxylic acids is 8. The molecule has 0 spiro atoms. The number of esters is 8. The van der Waals surface area contributed by atoms with Crippen LogP contribution in [0.2, 0.25) is 0 Å². The summed E-state index contributed by atoms with van der Waals surface area (Å²) in [5.41, 5.74) is 24.7. The number of benzene rings is 11. The van der Waals surface area contributed by atoms with Crippen LogP contribution in [0.5, 0.6) is 34.5 Å². The van der Waals surface area contributed by atoms with E-state index in [-0.39, 0.29) is 30.2 Å². The summed E-state index contributed by atoms with van der Waals surface area (Å²) in [5.74, 6) is -1.37. The van der Waals surface area contributed by atoms with Gasteiger partial charge < -0.3 is 37.9 Å². The minimum absolute atomic E-state index is 0.238. The second-order valence-corrected chi connectivity index (χ2v) is 33.2. The molecule has 0 saturated heterocycles. The van der Waals surface area contributed by atoms with Crippen molar-refractivity contribution >= 4 is 47.8 Å². The lowest BCUT2D eigenvalue weighted by molar-refractivity contribution is -0.0168. The lowest BCUT2D eigenvalue weighted by Crippen LogP contribution is -2.14. The van der Waals surface area contributed by atoms with E-state index < -0.39 is 35.8 Å². The van der Waals surface area contributed by atoms with Crippen molar-refractivity contribution in [3.63, 3.8) is 0 Å². The van der Waals surface area contributed by atoms with Crippen LogP contribution < -0.4 is 28.4 Å². The topological polar surface area (TPSA) is 210 Å². The number of hydrogen-bond donors (Lipinski definition) is 0. The first-order valence-electron chi connectivity index (χ1n) is 44.1. The van der Waals surface area contributed by atoms with Gasteiger partial charge in [0.15, 0.2) is 11.5 Å². The Bertz CT molecular complexity index is 5440. The van der Waals surface area contributed by atoms with Crippen molar-refractivity contribution in [2.24, 2.45) is 0 Å². The third-order valence-corrected chi connectivity index (χ3v) is 24.8. The Morgan fingerprint density at radius 2 is 0.358 bits per heavy atom. The third-order valence-electron chi connectivity index (χ3n) is 24.8. The SMILES string of the molecule is O=C(OCOC(=O)c1ccc2c(c1)CCCC2)c1ccc2c(c1)CCCC2.O=C(Oc1ccc(OC(=O)c2ccc3c(c2)CCCC3)cc1)c1ccc2c(c1)CCCC2.O=C(Oc1cccc(OC(=O)c2ccc3c(c2)CCCC3)c1)c1ccc2c(c1)CCCC2.O=C(Oc1ccccc1OC(=O)c1ccc2c(c1)CCCC2)c1ccc2c(c1)CCCC2. The fraction of sp³-hybridized carbons (Fsp3) is 0.308. The predicted octanol–water partition coefficient (Wildman–Crippen LogP) is 22.1. The molecule has 8 aliphatic carbocycles. The number of aryl methyl sites for hydroxylation is 16. The molecule has 626 valence electrons. The van der Waals surface area contributed by atoms with E-state index in [0.29, 0.717) is 67.5 Å². The first-order valence-corrected chi connectivity index (χ1v) is 44.1. The molecule has 0 amide bonds. The normalized spacial score (nSPS) is 14.9. The molecule has 8 aliphatic rings. The Morgan fingerprint density at radius 1 is 0.171 bits per heavy atom. The number of rotatable bonds is 16. The lowest BCUT2D eigenvalue weighted by atomic mass is 9.90. The summed E-state index contributed by atoms with van der Waals surface area (Å²) in [4.78, 5) is 101. The molecule has 0 saturated carbocycles. The van der Waals surface area contributed by atoms with E-state index in [4.69, 9.17) is 37.9 Å². The van der Waals surface area contributed by atoms with Gasteiger partial charge in [-0.25, -0.2) is 38.4 Å². The van der Waals surface area contributed by atoms with Crippen LogP contribution >= 0.6 is 0 Å². The Kier molecular flexibility index (Phi) is 27.4. The van der Waals surface area contributed by atoms with Gasteiger partial charge in [-0.1, -0.05) is 66.7 Å². The largest absolute Gasteiger partial charge is 0.424 e. The average Bonchev–Trinajstić information content (AvgIpc) is 0.860. The van der Waals surface area contributed by atoms with Gasteiger partial charge in [0, 0.05) is 6.07 Å². The molecule has 16 heteroatoms. The highest BCUT2D eigenvalue weighted by atomic mass is 16.7. The van der Waals surface area contributed by atoms with Crippen molar-refractivity contribution in [1.82, 2.24) is 0 Å². The molecular formula is C107H102O16. The van der Waals surface area contributed by atoms with Crippen molar-refractivity contribution in [1.29, 1.82) is 0 Å². The molecule has 123 heavy (non-hydrogen) atoms. The van der Waals surface area contributed by atoms with E-state index >= 15 is 0 Å². The zero-order chi connectivity index (χ0) is 84.4. The molecule has 0 N–H and O–H groups in total. The second kappa shape index (κ2) is 40.2. The number of ether oxygens (including phenoxy) is 8. The fourth-order valence-corrected chi connectivity index (χ4v) is 18.0. The van der Waals surface area contributed by atoms with Crippen LogP contribution in [-0.4, -0.2) is 54.5 Å². The summed E-state index contributed by atoms with van der Waals surface area (Å²) in [5, 5.41) is 0. The van der Waals surface area contributed by atoms with E-state index in [0.717, 1.165) is 154 Å². The standard InChI is InChI=1S/3C28H26O4.C23H24O4/c29-27(23-15-13-19-7-1-3-9-21(19)17-23)31-25-11-5-6-12-26(25)32-28(30)24-16-14-20-8-2-4-10-22(20)18-24;29-27(23-14-12-19-6-1-3-8-21(19)16-23)31-25-10-5-11-26(18-25)32-28(30)24-15-13-20-7-2-4-9-22(20)17-24;29-27(23-11-9-19-5-1-3-7-21(19)17-23)31-25-13-15-26(16-14-25)32-28(30)24-12-10-20-6-2-4-8-22(20)18-24;24-22(20-11-9-16-5-1-3-7-18(16)13-20)26-15-27-23(25)21-12-10-17-6-2-4-8-19(17)14-21/h5-6,11-18H,1-4,7-10H2;5,10-18H,1-4,6-9H2;9-18H,1-8H2;9-14H,1-8,15H2. The number of carbonyl (C=O) groups is 8. The van der Waals surface area contributed by atoms with E-state index in [2.05, 4.69) is 0 Å². The molecule has 11 aromatic rings. The Morgan fingerprint density at radius 3 is 0.577 bits per heavy atom.